The summed E-state index contributed by atoms with van der Waals surface area (Å²) in [6.07, 6.45) is 0.584. The maximum absolute atomic E-state index is 12.8. The predicted octanol–water partition coefficient (Wildman–Crippen LogP) is 4.38. The summed E-state index contributed by atoms with van der Waals surface area (Å²) in [5.74, 6) is -0.256. The van der Waals surface area contributed by atoms with E-state index in [9.17, 15) is 4.39 Å². The number of hydrogen-bond donors (Lipinski definition) is 1. The molecule has 0 bridgehead atoms. The molecule has 0 aliphatic carbocycles. The highest BCUT2D eigenvalue weighted by molar-refractivity contribution is 6.33. The van der Waals surface area contributed by atoms with Crippen LogP contribution in [-0.2, 0) is 6.42 Å². The van der Waals surface area contributed by atoms with E-state index in [0.717, 1.165) is 11.1 Å². The Balaban J connectivity index is 2.18. The van der Waals surface area contributed by atoms with E-state index in [-0.39, 0.29) is 11.9 Å². The number of hydrogen-bond acceptors (Lipinski definition) is 1. The van der Waals surface area contributed by atoms with E-state index in [1.165, 1.54) is 12.1 Å². The second-order valence-corrected chi connectivity index (χ2v) is 4.95. The Bertz CT molecular complexity index is 540. The van der Waals surface area contributed by atoms with Crippen molar-refractivity contribution in [1.82, 2.24) is 0 Å². The zero-order valence-corrected chi connectivity index (χ0v) is 11.0. The summed E-state index contributed by atoms with van der Waals surface area (Å²) in [6, 6.07) is 11.2. The maximum atomic E-state index is 12.8. The fourth-order valence-electron chi connectivity index (χ4n) is 1.78. The van der Waals surface area contributed by atoms with Crippen LogP contribution in [0, 0.1) is 5.82 Å². The molecule has 0 heterocycles. The smallest absolute Gasteiger partial charge is 0.123 e. The Kier molecular flexibility index (Phi) is 4.23. The summed E-state index contributed by atoms with van der Waals surface area (Å²) in [6.45, 7) is 0. The lowest BCUT2D eigenvalue weighted by Gasteiger charge is -2.14. The van der Waals surface area contributed by atoms with Crippen LogP contribution in [0.4, 0.5) is 4.39 Å². The van der Waals surface area contributed by atoms with Crippen LogP contribution < -0.4 is 5.73 Å². The van der Waals surface area contributed by atoms with E-state index in [1.807, 2.05) is 0 Å². The van der Waals surface area contributed by atoms with Crippen LogP contribution in [-0.4, -0.2) is 0 Å². The van der Waals surface area contributed by atoms with E-state index < -0.39 is 0 Å². The molecule has 0 radical (unpaired) electrons. The molecule has 0 spiro atoms. The van der Waals surface area contributed by atoms with Gasteiger partial charge in [-0.1, -0.05) is 35.3 Å². The molecule has 0 amide bonds. The Morgan fingerprint density at radius 3 is 2.39 bits per heavy atom. The van der Waals surface area contributed by atoms with Crippen LogP contribution in [0.1, 0.15) is 17.2 Å². The van der Waals surface area contributed by atoms with Crippen molar-refractivity contribution in [3.8, 4) is 0 Å². The van der Waals surface area contributed by atoms with Crippen LogP contribution in [0.5, 0.6) is 0 Å². The van der Waals surface area contributed by atoms with Gasteiger partial charge in [0.05, 0.1) is 0 Å². The molecule has 0 saturated carbocycles. The van der Waals surface area contributed by atoms with Gasteiger partial charge in [-0.15, -0.1) is 0 Å². The molecule has 2 aromatic rings. The van der Waals surface area contributed by atoms with Crippen molar-refractivity contribution in [3.05, 3.63) is 69.5 Å². The molecule has 1 nitrogen and oxygen atoms in total. The summed E-state index contributed by atoms with van der Waals surface area (Å²) in [4.78, 5) is 0. The van der Waals surface area contributed by atoms with Gasteiger partial charge in [0.2, 0.25) is 0 Å². The molecule has 0 aliphatic rings. The Labute approximate surface area is 115 Å². The van der Waals surface area contributed by atoms with Crippen LogP contribution in [0.3, 0.4) is 0 Å². The van der Waals surface area contributed by atoms with E-state index >= 15 is 0 Å². The monoisotopic (exact) mass is 283 g/mol. The summed E-state index contributed by atoms with van der Waals surface area (Å²) in [7, 11) is 0. The minimum absolute atomic E-state index is 0.256. The first-order chi connectivity index (χ1) is 8.56. The van der Waals surface area contributed by atoms with Crippen molar-refractivity contribution in [2.24, 2.45) is 5.73 Å². The molecule has 2 N–H and O–H groups in total. The van der Waals surface area contributed by atoms with Crippen molar-refractivity contribution in [1.29, 1.82) is 0 Å². The molecule has 4 heteroatoms. The summed E-state index contributed by atoms with van der Waals surface area (Å²) in [5.41, 5.74) is 7.86. The van der Waals surface area contributed by atoms with E-state index in [1.54, 1.807) is 30.3 Å². The largest absolute Gasteiger partial charge is 0.324 e. The van der Waals surface area contributed by atoms with E-state index in [2.05, 4.69) is 0 Å². The minimum Gasteiger partial charge on any atom is -0.324 e. The molecule has 0 fully saturated rings. The molecule has 0 aromatic heterocycles. The number of halogens is 3. The van der Waals surface area contributed by atoms with Gasteiger partial charge in [0.15, 0.2) is 0 Å². The van der Waals surface area contributed by atoms with Gasteiger partial charge in [-0.25, -0.2) is 4.39 Å². The minimum atomic E-state index is -0.262. The van der Waals surface area contributed by atoms with Gasteiger partial charge in [0.1, 0.15) is 5.82 Å². The highest BCUT2D eigenvalue weighted by Crippen LogP contribution is 2.27. The molecule has 0 saturated heterocycles. The second kappa shape index (κ2) is 5.70. The van der Waals surface area contributed by atoms with E-state index in [4.69, 9.17) is 28.9 Å². The summed E-state index contributed by atoms with van der Waals surface area (Å²) in [5, 5.41) is 1.19. The number of rotatable bonds is 3. The van der Waals surface area contributed by atoms with Crippen molar-refractivity contribution in [2.45, 2.75) is 12.5 Å². The molecular formula is C14H12Cl2FN. The van der Waals surface area contributed by atoms with Crippen molar-refractivity contribution < 1.29 is 4.39 Å². The van der Waals surface area contributed by atoms with Crippen molar-refractivity contribution in [2.75, 3.05) is 0 Å². The highest BCUT2D eigenvalue weighted by atomic mass is 35.5. The van der Waals surface area contributed by atoms with Crippen molar-refractivity contribution >= 4 is 23.2 Å². The topological polar surface area (TPSA) is 26.0 Å². The Hall–Kier alpha value is -1.09. The van der Waals surface area contributed by atoms with Gasteiger partial charge in [-0.3, -0.25) is 0 Å². The Morgan fingerprint density at radius 1 is 1.06 bits per heavy atom. The van der Waals surface area contributed by atoms with Crippen LogP contribution in [0.15, 0.2) is 42.5 Å². The first kappa shape index (κ1) is 13.3. The summed E-state index contributed by atoms with van der Waals surface area (Å²) >= 11 is 12.0. The highest BCUT2D eigenvalue weighted by Gasteiger charge is 2.11. The molecule has 18 heavy (non-hydrogen) atoms. The van der Waals surface area contributed by atoms with E-state index in [0.29, 0.717) is 16.5 Å². The molecular weight excluding hydrogens is 272 g/mol. The fraction of sp³-hybridized carbons (Fsp3) is 0.143. The normalized spacial score (nSPS) is 12.4. The first-order valence-electron chi connectivity index (χ1n) is 5.51. The van der Waals surface area contributed by atoms with Gasteiger partial charge in [-0.05, 0) is 47.9 Å². The quantitative estimate of drug-likeness (QED) is 0.889. The van der Waals surface area contributed by atoms with Gasteiger partial charge in [0, 0.05) is 16.1 Å². The zero-order valence-electron chi connectivity index (χ0n) is 9.54. The van der Waals surface area contributed by atoms with Gasteiger partial charge in [-0.2, -0.15) is 0 Å². The third-order valence-electron chi connectivity index (χ3n) is 2.73. The second-order valence-electron chi connectivity index (χ2n) is 4.10. The summed E-state index contributed by atoms with van der Waals surface area (Å²) < 4.78 is 12.8. The average molecular weight is 284 g/mol. The molecule has 2 aromatic carbocycles. The fourth-order valence-corrected chi connectivity index (χ4v) is 2.22. The van der Waals surface area contributed by atoms with Crippen LogP contribution >= 0.6 is 23.2 Å². The van der Waals surface area contributed by atoms with Gasteiger partial charge in [0.25, 0.3) is 0 Å². The van der Waals surface area contributed by atoms with Crippen LogP contribution in [0.2, 0.25) is 10.0 Å². The average Bonchev–Trinajstić information content (AvgIpc) is 2.35. The maximum Gasteiger partial charge on any atom is 0.123 e. The number of benzene rings is 2. The lowest BCUT2D eigenvalue weighted by molar-refractivity contribution is 0.625. The Morgan fingerprint density at radius 2 is 1.72 bits per heavy atom. The van der Waals surface area contributed by atoms with Crippen molar-refractivity contribution in [3.63, 3.8) is 0 Å². The zero-order chi connectivity index (χ0) is 13.1. The third kappa shape index (κ3) is 3.22. The number of nitrogens with two attached hydrogens (primary N) is 1. The third-order valence-corrected chi connectivity index (χ3v) is 3.31. The molecule has 1 unspecified atom stereocenters. The molecule has 1 atom stereocenters. The molecule has 94 valence electrons. The lowest BCUT2D eigenvalue weighted by Crippen LogP contribution is -2.13. The molecule has 0 aliphatic heterocycles. The van der Waals surface area contributed by atoms with Crippen LogP contribution in [0.25, 0.3) is 0 Å². The predicted molar refractivity (Wildman–Crippen MR) is 73.5 cm³/mol. The lowest BCUT2D eigenvalue weighted by atomic mass is 10.00. The molecule has 2 rings (SSSR count). The standard InChI is InChI=1S/C14H12Cl2FN/c15-10-3-6-13(16)12(8-10)14(18)7-9-1-4-11(17)5-2-9/h1-6,8,14H,7,18H2. The van der Waals surface area contributed by atoms with Gasteiger partial charge >= 0.3 is 0 Å². The first-order valence-corrected chi connectivity index (χ1v) is 6.27. The SMILES string of the molecule is NC(Cc1ccc(F)cc1)c1cc(Cl)ccc1Cl. The van der Waals surface area contributed by atoms with Gasteiger partial charge < -0.3 is 5.73 Å².